The summed E-state index contributed by atoms with van der Waals surface area (Å²) >= 11 is 0. The van der Waals surface area contributed by atoms with Gasteiger partial charge in [0.25, 0.3) is 0 Å². The zero-order valence-corrected chi connectivity index (χ0v) is 12.0. The van der Waals surface area contributed by atoms with Crippen LogP contribution in [0.2, 0.25) is 0 Å². The third-order valence-electron chi connectivity index (χ3n) is 2.79. The van der Waals surface area contributed by atoms with E-state index >= 15 is 0 Å². The third-order valence-corrected chi connectivity index (χ3v) is 2.79. The molecule has 1 rings (SSSR count). The molecule has 1 N–H and O–H groups in total. The first-order chi connectivity index (χ1) is 8.00. The van der Waals surface area contributed by atoms with Crippen LogP contribution >= 0.6 is 12.4 Å². The lowest BCUT2D eigenvalue weighted by molar-refractivity contribution is -0.143. The van der Waals surface area contributed by atoms with Gasteiger partial charge in [-0.15, -0.1) is 12.4 Å². The monoisotopic (exact) mass is 271 g/mol. The number of nitrogens with zero attached hydrogens (tertiary/aromatic N) is 1. The number of rotatable bonds is 6. The van der Waals surface area contributed by atoms with Crippen molar-refractivity contribution < 1.29 is 9.90 Å². The van der Waals surface area contributed by atoms with Crippen LogP contribution in [0.15, 0.2) is 30.3 Å². The van der Waals surface area contributed by atoms with Crippen molar-refractivity contribution in [3.05, 3.63) is 35.9 Å². The Morgan fingerprint density at radius 2 is 1.83 bits per heavy atom. The van der Waals surface area contributed by atoms with Gasteiger partial charge in [-0.2, -0.15) is 0 Å². The van der Waals surface area contributed by atoms with Gasteiger partial charge in [0.15, 0.2) is 0 Å². The van der Waals surface area contributed by atoms with Gasteiger partial charge in [0.2, 0.25) is 0 Å². The summed E-state index contributed by atoms with van der Waals surface area (Å²) in [6.45, 7) is 4.77. The number of carboxylic acids is 1. The normalized spacial score (nSPS) is 12.3. The Morgan fingerprint density at radius 1 is 1.28 bits per heavy atom. The molecule has 0 fully saturated rings. The number of likely N-dealkylation sites (N-methyl/N-ethyl adjacent to an activating group) is 1. The van der Waals surface area contributed by atoms with Crippen molar-refractivity contribution in [2.45, 2.75) is 32.9 Å². The highest BCUT2D eigenvalue weighted by Crippen LogP contribution is 2.13. The highest BCUT2D eigenvalue weighted by atomic mass is 35.5. The summed E-state index contributed by atoms with van der Waals surface area (Å²) in [6, 6.07) is 9.54. The number of carbonyl (C=O) groups is 1. The van der Waals surface area contributed by atoms with Crippen molar-refractivity contribution in [3.8, 4) is 0 Å². The van der Waals surface area contributed by atoms with Crippen LogP contribution in [-0.4, -0.2) is 29.1 Å². The van der Waals surface area contributed by atoms with Crippen LogP contribution in [0, 0.1) is 5.92 Å². The molecule has 0 amide bonds. The van der Waals surface area contributed by atoms with E-state index < -0.39 is 12.0 Å². The van der Waals surface area contributed by atoms with Crippen LogP contribution in [0.4, 0.5) is 0 Å². The quantitative estimate of drug-likeness (QED) is 0.865. The minimum absolute atomic E-state index is 0. The lowest BCUT2D eigenvalue weighted by Gasteiger charge is -2.26. The summed E-state index contributed by atoms with van der Waals surface area (Å²) in [4.78, 5) is 13.1. The molecule has 1 aromatic rings. The Bertz CT molecular complexity index is 354. The lowest BCUT2D eigenvalue weighted by atomic mass is 10.0. The van der Waals surface area contributed by atoms with Crippen LogP contribution < -0.4 is 0 Å². The largest absolute Gasteiger partial charge is 0.480 e. The van der Waals surface area contributed by atoms with E-state index in [2.05, 4.69) is 0 Å². The maximum Gasteiger partial charge on any atom is 0.320 e. The molecular formula is C14H22ClNO2. The van der Waals surface area contributed by atoms with Crippen molar-refractivity contribution in [2.75, 3.05) is 7.05 Å². The van der Waals surface area contributed by atoms with Crippen molar-refractivity contribution >= 4 is 18.4 Å². The van der Waals surface area contributed by atoms with E-state index in [-0.39, 0.29) is 12.4 Å². The Hall–Kier alpha value is -1.06. The highest BCUT2D eigenvalue weighted by molar-refractivity contribution is 5.85. The average molecular weight is 272 g/mol. The summed E-state index contributed by atoms with van der Waals surface area (Å²) in [5, 5.41) is 9.23. The molecule has 1 atom stereocenters. The first-order valence-electron chi connectivity index (χ1n) is 5.97. The molecule has 1 aromatic carbocycles. The molecule has 0 aliphatic heterocycles. The second kappa shape index (κ2) is 8.11. The van der Waals surface area contributed by atoms with E-state index in [0.29, 0.717) is 18.9 Å². The van der Waals surface area contributed by atoms with Gasteiger partial charge in [0, 0.05) is 6.54 Å². The Balaban J connectivity index is 0.00000289. The van der Waals surface area contributed by atoms with Crippen LogP contribution in [0.25, 0.3) is 0 Å². The molecule has 0 saturated heterocycles. The molecule has 4 heteroatoms. The fourth-order valence-corrected chi connectivity index (χ4v) is 1.90. The molecule has 3 nitrogen and oxygen atoms in total. The first-order valence-corrected chi connectivity index (χ1v) is 5.97. The van der Waals surface area contributed by atoms with E-state index in [0.717, 1.165) is 5.56 Å². The highest BCUT2D eigenvalue weighted by Gasteiger charge is 2.23. The smallest absolute Gasteiger partial charge is 0.320 e. The standard InChI is InChI=1S/C14H21NO2.ClH/c1-11(2)9-13(14(16)17)15(3)10-12-7-5-4-6-8-12;/h4-8,11,13H,9-10H2,1-3H3,(H,16,17);1H/t13-;/m1./s1. The number of hydrogen-bond acceptors (Lipinski definition) is 2. The van der Waals surface area contributed by atoms with E-state index in [1.807, 2.05) is 56.1 Å². The maximum absolute atomic E-state index is 11.2. The summed E-state index contributed by atoms with van der Waals surface area (Å²) in [5.41, 5.74) is 1.14. The van der Waals surface area contributed by atoms with Gasteiger partial charge in [-0.1, -0.05) is 44.2 Å². The van der Waals surface area contributed by atoms with Gasteiger partial charge in [0.1, 0.15) is 6.04 Å². The van der Waals surface area contributed by atoms with Crippen LogP contribution in [0.1, 0.15) is 25.8 Å². The summed E-state index contributed by atoms with van der Waals surface area (Å²) in [5.74, 6) is -0.355. The van der Waals surface area contributed by atoms with Gasteiger partial charge >= 0.3 is 5.97 Å². The number of aliphatic carboxylic acids is 1. The van der Waals surface area contributed by atoms with E-state index in [1.54, 1.807) is 0 Å². The minimum atomic E-state index is -0.739. The fourth-order valence-electron chi connectivity index (χ4n) is 1.90. The van der Waals surface area contributed by atoms with Crippen molar-refractivity contribution in [3.63, 3.8) is 0 Å². The fraction of sp³-hybridized carbons (Fsp3) is 0.500. The Kier molecular flexibility index (Phi) is 7.64. The molecule has 0 unspecified atom stereocenters. The molecule has 0 bridgehead atoms. The number of benzene rings is 1. The topological polar surface area (TPSA) is 40.5 Å². The maximum atomic E-state index is 11.2. The number of halogens is 1. The predicted molar refractivity (Wildman–Crippen MR) is 76.0 cm³/mol. The van der Waals surface area contributed by atoms with Crippen LogP contribution in [-0.2, 0) is 11.3 Å². The predicted octanol–water partition coefficient (Wildman–Crippen LogP) is 3.04. The first kappa shape index (κ1) is 16.9. The van der Waals surface area contributed by atoms with Gasteiger partial charge in [0.05, 0.1) is 0 Å². The number of hydrogen-bond donors (Lipinski definition) is 1. The number of carboxylic acid groups (broad SMARTS) is 1. The third kappa shape index (κ3) is 5.52. The zero-order chi connectivity index (χ0) is 12.8. The molecule has 0 aliphatic rings. The van der Waals surface area contributed by atoms with Gasteiger partial charge in [-0.05, 0) is 24.9 Å². The summed E-state index contributed by atoms with van der Waals surface area (Å²) in [7, 11) is 1.87. The SMILES string of the molecule is CC(C)C[C@H](C(=O)O)N(C)Cc1ccccc1.Cl. The van der Waals surface area contributed by atoms with E-state index in [4.69, 9.17) is 0 Å². The second-order valence-corrected chi connectivity index (χ2v) is 4.88. The van der Waals surface area contributed by atoms with Crippen molar-refractivity contribution in [1.82, 2.24) is 4.90 Å². The van der Waals surface area contributed by atoms with Crippen molar-refractivity contribution in [1.29, 1.82) is 0 Å². The van der Waals surface area contributed by atoms with E-state index in [1.165, 1.54) is 0 Å². The molecule has 0 aromatic heterocycles. The lowest BCUT2D eigenvalue weighted by Crippen LogP contribution is -2.38. The average Bonchev–Trinajstić information content (AvgIpc) is 2.26. The molecule has 102 valence electrons. The zero-order valence-electron chi connectivity index (χ0n) is 11.2. The molecule has 0 radical (unpaired) electrons. The Morgan fingerprint density at radius 3 is 2.28 bits per heavy atom. The Labute approximate surface area is 115 Å². The summed E-state index contributed by atoms with van der Waals surface area (Å²) in [6.07, 6.45) is 0.679. The molecule has 18 heavy (non-hydrogen) atoms. The second-order valence-electron chi connectivity index (χ2n) is 4.88. The molecule has 0 saturated carbocycles. The van der Waals surface area contributed by atoms with Gasteiger partial charge in [-0.3, -0.25) is 9.69 Å². The van der Waals surface area contributed by atoms with Gasteiger partial charge in [-0.25, -0.2) is 0 Å². The molecule has 0 aliphatic carbocycles. The molecule has 0 spiro atoms. The van der Waals surface area contributed by atoms with E-state index in [9.17, 15) is 9.90 Å². The molecule has 0 heterocycles. The van der Waals surface area contributed by atoms with Gasteiger partial charge < -0.3 is 5.11 Å². The van der Waals surface area contributed by atoms with Crippen LogP contribution in [0.5, 0.6) is 0 Å². The molecular weight excluding hydrogens is 250 g/mol. The van der Waals surface area contributed by atoms with Crippen molar-refractivity contribution in [2.24, 2.45) is 5.92 Å². The minimum Gasteiger partial charge on any atom is -0.480 e. The summed E-state index contributed by atoms with van der Waals surface area (Å²) < 4.78 is 0. The van der Waals surface area contributed by atoms with Crippen LogP contribution in [0.3, 0.4) is 0 Å².